The van der Waals surface area contributed by atoms with E-state index < -0.39 is 0 Å². The Hall–Kier alpha value is -2.75. The molecule has 0 atom stereocenters. The van der Waals surface area contributed by atoms with Gasteiger partial charge in [-0.2, -0.15) is 0 Å². The summed E-state index contributed by atoms with van der Waals surface area (Å²) in [5.41, 5.74) is 4.11. The molecule has 10 heteroatoms. The maximum absolute atomic E-state index is 12.4. The molecule has 0 spiro atoms. The molecule has 4 aromatic rings. The van der Waals surface area contributed by atoms with E-state index in [1.165, 1.54) is 28.7 Å². The molecule has 0 aliphatic heterocycles. The molecule has 0 radical (unpaired) electrons. The Balaban J connectivity index is 1.36. The smallest absolute Gasteiger partial charge is 0.282 e. The third-order valence-corrected chi connectivity index (χ3v) is 6.98. The zero-order valence-electron chi connectivity index (χ0n) is 16.9. The maximum atomic E-state index is 12.4. The highest BCUT2D eigenvalue weighted by molar-refractivity contribution is 7.98. The lowest BCUT2D eigenvalue weighted by Crippen LogP contribution is -2.22. The maximum Gasteiger partial charge on any atom is 0.282 e. The molecule has 0 saturated carbocycles. The summed E-state index contributed by atoms with van der Waals surface area (Å²) >= 11 is 8.99. The van der Waals surface area contributed by atoms with Crippen LogP contribution in [0.5, 0.6) is 0 Å². The number of amides is 1. The lowest BCUT2D eigenvalue weighted by Gasteiger charge is -2.07. The van der Waals surface area contributed by atoms with Crippen molar-refractivity contribution in [3.8, 4) is 5.69 Å². The number of carbonyl (C=O) groups excluding carboxylic acids is 1. The van der Waals surface area contributed by atoms with Gasteiger partial charge in [0, 0.05) is 11.6 Å². The van der Waals surface area contributed by atoms with Crippen LogP contribution in [0, 0.1) is 13.8 Å². The van der Waals surface area contributed by atoms with E-state index in [1.807, 2.05) is 60.9 Å². The Bertz CT molecular complexity index is 1200. The van der Waals surface area contributed by atoms with E-state index in [2.05, 4.69) is 25.7 Å². The standard InChI is InChI=1S/C21H19ClN6OS2/c1-13-3-6-15(7-4-13)10-23-19(29)20-26-25-18(31-20)11-30-21-27-24-12-28(21)16-8-5-14(2)17(22)9-16/h3-9,12H,10-11H2,1-2H3,(H,23,29). The number of nitrogens with zero attached hydrogens (tertiary/aromatic N) is 5. The average molecular weight is 471 g/mol. The van der Waals surface area contributed by atoms with Crippen molar-refractivity contribution in [2.75, 3.05) is 0 Å². The first-order valence-corrected chi connectivity index (χ1v) is 11.6. The number of hydrogen-bond acceptors (Lipinski definition) is 7. The predicted molar refractivity (Wildman–Crippen MR) is 123 cm³/mol. The molecule has 0 saturated heterocycles. The van der Waals surface area contributed by atoms with Crippen LogP contribution in [0.2, 0.25) is 5.02 Å². The highest BCUT2D eigenvalue weighted by Crippen LogP contribution is 2.26. The second kappa shape index (κ2) is 9.59. The van der Waals surface area contributed by atoms with E-state index in [0.29, 0.717) is 27.5 Å². The quantitative estimate of drug-likeness (QED) is 0.397. The molecule has 0 unspecified atom stereocenters. The molecule has 2 heterocycles. The summed E-state index contributed by atoms with van der Waals surface area (Å²) in [7, 11) is 0. The van der Waals surface area contributed by atoms with Gasteiger partial charge >= 0.3 is 0 Å². The molecule has 2 aromatic carbocycles. The molecule has 4 rings (SSSR count). The molecule has 0 aliphatic rings. The van der Waals surface area contributed by atoms with Crippen molar-refractivity contribution in [2.45, 2.75) is 31.3 Å². The Morgan fingerprint density at radius 2 is 1.94 bits per heavy atom. The predicted octanol–water partition coefficient (Wildman–Crippen LogP) is 4.61. The van der Waals surface area contributed by atoms with Crippen molar-refractivity contribution in [1.82, 2.24) is 30.3 Å². The van der Waals surface area contributed by atoms with Gasteiger partial charge in [0.25, 0.3) is 5.91 Å². The monoisotopic (exact) mass is 470 g/mol. The SMILES string of the molecule is Cc1ccc(CNC(=O)c2nnc(CSc3nncn3-c3ccc(C)c(Cl)c3)s2)cc1. The molecule has 31 heavy (non-hydrogen) atoms. The summed E-state index contributed by atoms with van der Waals surface area (Å²) in [6, 6.07) is 13.8. The van der Waals surface area contributed by atoms with Crippen LogP contribution < -0.4 is 5.32 Å². The molecule has 1 N–H and O–H groups in total. The Morgan fingerprint density at radius 1 is 1.13 bits per heavy atom. The summed E-state index contributed by atoms with van der Waals surface area (Å²) in [5, 5.41) is 21.7. The number of benzene rings is 2. The summed E-state index contributed by atoms with van der Waals surface area (Å²) in [4.78, 5) is 12.4. The average Bonchev–Trinajstić information content (AvgIpc) is 3.43. The minimum absolute atomic E-state index is 0.230. The van der Waals surface area contributed by atoms with Gasteiger partial charge in [-0.05, 0) is 37.1 Å². The molecule has 0 aliphatic carbocycles. The van der Waals surface area contributed by atoms with Crippen LogP contribution in [-0.4, -0.2) is 30.9 Å². The van der Waals surface area contributed by atoms with E-state index in [4.69, 9.17) is 11.6 Å². The molecular formula is C21H19ClN6OS2. The van der Waals surface area contributed by atoms with Crippen molar-refractivity contribution in [3.63, 3.8) is 0 Å². The van der Waals surface area contributed by atoms with Crippen LogP contribution in [-0.2, 0) is 12.3 Å². The van der Waals surface area contributed by atoms with Crippen molar-refractivity contribution in [3.05, 3.63) is 80.5 Å². The van der Waals surface area contributed by atoms with E-state index in [-0.39, 0.29) is 5.91 Å². The summed E-state index contributed by atoms with van der Waals surface area (Å²) in [6.07, 6.45) is 1.65. The first-order valence-electron chi connectivity index (χ1n) is 9.45. The lowest BCUT2D eigenvalue weighted by molar-refractivity contribution is 0.0950. The fourth-order valence-electron chi connectivity index (χ4n) is 2.73. The fraction of sp³-hybridized carbons (Fsp3) is 0.190. The van der Waals surface area contributed by atoms with Gasteiger partial charge in [0.15, 0.2) is 5.16 Å². The van der Waals surface area contributed by atoms with Crippen molar-refractivity contribution < 1.29 is 4.79 Å². The van der Waals surface area contributed by atoms with Gasteiger partial charge in [-0.15, -0.1) is 20.4 Å². The number of hydrogen-bond donors (Lipinski definition) is 1. The Kier molecular flexibility index (Phi) is 6.64. The van der Waals surface area contributed by atoms with Crippen LogP contribution in [0.4, 0.5) is 0 Å². The number of carbonyl (C=O) groups is 1. The molecule has 0 bridgehead atoms. The highest BCUT2D eigenvalue weighted by Gasteiger charge is 2.15. The van der Waals surface area contributed by atoms with E-state index in [0.717, 1.165) is 21.8 Å². The minimum atomic E-state index is -0.230. The van der Waals surface area contributed by atoms with Crippen LogP contribution in [0.25, 0.3) is 5.69 Å². The van der Waals surface area contributed by atoms with Crippen molar-refractivity contribution >= 4 is 40.6 Å². The summed E-state index contributed by atoms with van der Waals surface area (Å²) in [6.45, 7) is 4.43. The second-order valence-corrected chi connectivity index (χ2v) is 9.29. The first kappa shape index (κ1) is 21.5. The van der Waals surface area contributed by atoms with Crippen LogP contribution in [0.1, 0.15) is 31.5 Å². The summed E-state index contributed by atoms with van der Waals surface area (Å²) < 4.78 is 1.87. The van der Waals surface area contributed by atoms with Gasteiger partial charge in [-0.3, -0.25) is 9.36 Å². The number of nitrogens with one attached hydrogen (secondary N) is 1. The molecule has 0 fully saturated rings. The van der Waals surface area contributed by atoms with Gasteiger partial charge in [0.2, 0.25) is 5.01 Å². The van der Waals surface area contributed by atoms with Crippen molar-refractivity contribution in [2.24, 2.45) is 0 Å². The summed E-state index contributed by atoms with van der Waals surface area (Å²) in [5.74, 6) is 0.299. The number of halogens is 1. The van der Waals surface area contributed by atoms with Gasteiger partial charge < -0.3 is 5.32 Å². The van der Waals surface area contributed by atoms with Crippen LogP contribution in [0.3, 0.4) is 0 Å². The van der Waals surface area contributed by atoms with Crippen LogP contribution in [0.15, 0.2) is 53.9 Å². The van der Waals surface area contributed by atoms with Gasteiger partial charge in [0.05, 0.1) is 11.4 Å². The zero-order chi connectivity index (χ0) is 21.8. The first-order chi connectivity index (χ1) is 15.0. The molecule has 2 aromatic heterocycles. The fourth-order valence-corrected chi connectivity index (χ4v) is 4.57. The number of aryl methyl sites for hydroxylation is 2. The largest absolute Gasteiger partial charge is 0.346 e. The molecule has 7 nitrogen and oxygen atoms in total. The second-order valence-electron chi connectivity index (χ2n) is 6.87. The van der Waals surface area contributed by atoms with E-state index in [9.17, 15) is 4.79 Å². The minimum Gasteiger partial charge on any atom is -0.346 e. The topological polar surface area (TPSA) is 85.6 Å². The van der Waals surface area contributed by atoms with E-state index in [1.54, 1.807) is 6.33 Å². The Morgan fingerprint density at radius 3 is 2.71 bits per heavy atom. The third kappa shape index (κ3) is 5.30. The van der Waals surface area contributed by atoms with Crippen LogP contribution >= 0.6 is 34.7 Å². The van der Waals surface area contributed by atoms with Gasteiger partial charge in [-0.25, -0.2) is 0 Å². The van der Waals surface area contributed by atoms with Crippen molar-refractivity contribution in [1.29, 1.82) is 0 Å². The zero-order valence-corrected chi connectivity index (χ0v) is 19.3. The van der Waals surface area contributed by atoms with Gasteiger partial charge in [-0.1, -0.05) is 70.6 Å². The molecule has 158 valence electrons. The van der Waals surface area contributed by atoms with E-state index >= 15 is 0 Å². The number of aromatic nitrogens is 5. The molecule has 1 amide bonds. The lowest BCUT2D eigenvalue weighted by atomic mass is 10.1. The highest BCUT2D eigenvalue weighted by atomic mass is 35.5. The number of thioether (sulfide) groups is 1. The third-order valence-electron chi connectivity index (χ3n) is 4.51. The molecular weight excluding hydrogens is 452 g/mol. The Labute approximate surface area is 192 Å². The normalized spacial score (nSPS) is 10.9. The number of rotatable bonds is 7. The van der Waals surface area contributed by atoms with Gasteiger partial charge in [0.1, 0.15) is 11.3 Å².